The van der Waals surface area contributed by atoms with Crippen LogP contribution < -0.4 is 14.8 Å². The van der Waals surface area contributed by atoms with E-state index < -0.39 is 5.97 Å². The Hall–Kier alpha value is -2.24. The Morgan fingerprint density at radius 2 is 1.91 bits per heavy atom. The molecule has 0 saturated heterocycles. The van der Waals surface area contributed by atoms with Gasteiger partial charge in [0.25, 0.3) is 5.91 Å². The van der Waals surface area contributed by atoms with Gasteiger partial charge in [0.15, 0.2) is 18.1 Å². The predicted molar refractivity (Wildman–Crippen MR) is 82.4 cm³/mol. The normalized spacial score (nSPS) is 9.95. The highest BCUT2D eigenvalue weighted by Gasteiger charge is 2.13. The van der Waals surface area contributed by atoms with E-state index in [1.807, 2.05) is 13.8 Å². The molecule has 1 amide bonds. The first kappa shape index (κ1) is 17.8. The zero-order chi connectivity index (χ0) is 16.4. The lowest BCUT2D eigenvalue weighted by Gasteiger charge is -2.11. The maximum Gasteiger partial charge on any atom is 0.338 e. The monoisotopic (exact) mass is 309 g/mol. The van der Waals surface area contributed by atoms with E-state index in [2.05, 4.69) is 5.32 Å². The highest BCUT2D eigenvalue weighted by molar-refractivity contribution is 5.92. The third-order valence-electron chi connectivity index (χ3n) is 2.77. The molecule has 0 aliphatic rings. The van der Waals surface area contributed by atoms with Crippen LogP contribution in [0.25, 0.3) is 0 Å². The van der Waals surface area contributed by atoms with Crippen molar-refractivity contribution in [3.8, 4) is 11.5 Å². The fourth-order valence-electron chi connectivity index (χ4n) is 1.66. The van der Waals surface area contributed by atoms with E-state index in [0.29, 0.717) is 30.2 Å². The van der Waals surface area contributed by atoms with Crippen molar-refractivity contribution in [1.29, 1.82) is 0 Å². The summed E-state index contributed by atoms with van der Waals surface area (Å²) in [5.74, 6) is 0.136. The van der Waals surface area contributed by atoms with Gasteiger partial charge in [0.2, 0.25) is 0 Å². The van der Waals surface area contributed by atoms with Crippen LogP contribution in [0, 0.1) is 0 Å². The Morgan fingerprint density at radius 3 is 2.55 bits per heavy atom. The highest BCUT2D eigenvalue weighted by atomic mass is 16.5. The zero-order valence-corrected chi connectivity index (χ0v) is 13.3. The fourth-order valence-corrected chi connectivity index (χ4v) is 1.66. The van der Waals surface area contributed by atoms with Crippen molar-refractivity contribution < 1.29 is 23.8 Å². The summed E-state index contributed by atoms with van der Waals surface area (Å²) in [6.45, 7) is 4.78. The molecule has 122 valence electrons. The molecule has 0 aliphatic heterocycles. The molecule has 0 bridgehead atoms. The van der Waals surface area contributed by atoms with E-state index in [-0.39, 0.29) is 12.5 Å². The molecular weight excluding hydrogens is 286 g/mol. The lowest BCUT2D eigenvalue weighted by Crippen LogP contribution is -2.29. The van der Waals surface area contributed by atoms with Gasteiger partial charge in [-0.3, -0.25) is 4.79 Å². The fraction of sp³-hybridized carbons (Fsp3) is 0.500. The molecule has 0 aliphatic carbocycles. The number of hydrogen-bond acceptors (Lipinski definition) is 5. The Balaban J connectivity index is 2.63. The highest BCUT2D eigenvalue weighted by Crippen LogP contribution is 2.28. The van der Waals surface area contributed by atoms with Crippen molar-refractivity contribution in [3.05, 3.63) is 23.8 Å². The van der Waals surface area contributed by atoms with Crippen molar-refractivity contribution in [2.24, 2.45) is 0 Å². The van der Waals surface area contributed by atoms with Gasteiger partial charge in [-0.1, -0.05) is 13.8 Å². The third-order valence-corrected chi connectivity index (χ3v) is 2.77. The van der Waals surface area contributed by atoms with Crippen LogP contribution >= 0.6 is 0 Å². The third kappa shape index (κ3) is 5.63. The maximum atomic E-state index is 11.9. The number of ether oxygens (including phenoxy) is 3. The Labute approximate surface area is 130 Å². The van der Waals surface area contributed by atoms with Crippen LogP contribution in [-0.2, 0) is 9.53 Å². The standard InChI is InChI=1S/C16H23NO5/c1-4-8-17-15(18)11-22-16(19)12-6-7-13(21-9-5-2)14(10-12)20-3/h6-7,10H,4-5,8-9,11H2,1-3H3,(H,17,18). The van der Waals surface area contributed by atoms with E-state index in [4.69, 9.17) is 14.2 Å². The van der Waals surface area contributed by atoms with Crippen molar-refractivity contribution in [3.63, 3.8) is 0 Å². The SMILES string of the molecule is CCCNC(=O)COC(=O)c1ccc(OCCC)c(OC)c1. The molecule has 0 atom stereocenters. The number of rotatable bonds is 9. The number of nitrogens with one attached hydrogen (secondary N) is 1. The Morgan fingerprint density at radius 1 is 1.14 bits per heavy atom. The van der Waals surface area contributed by atoms with Crippen molar-refractivity contribution >= 4 is 11.9 Å². The molecule has 1 aromatic rings. The number of methoxy groups -OCH3 is 1. The summed E-state index contributed by atoms with van der Waals surface area (Å²) in [4.78, 5) is 23.3. The average molecular weight is 309 g/mol. The van der Waals surface area contributed by atoms with Crippen LogP contribution in [0.3, 0.4) is 0 Å². The van der Waals surface area contributed by atoms with Crippen LogP contribution in [0.15, 0.2) is 18.2 Å². The van der Waals surface area contributed by atoms with E-state index in [9.17, 15) is 9.59 Å². The molecule has 1 N–H and O–H groups in total. The van der Waals surface area contributed by atoms with Crippen LogP contribution in [0.5, 0.6) is 11.5 Å². The van der Waals surface area contributed by atoms with E-state index in [1.165, 1.54) is 13.2 Å². The maximum absolute atomic E-state index is 11.9. The number of amides is 1. The van der Waals surface area contributed by atoms with Crippen molar-refractivity contribution in [1.82, 2.24) is 5.32 Å². The summed E-state index contributed by atoms with van der Waals surface area (Å²) in [5.41, 5.74) is 0.309. The summed E-state index contributed by atoms with van der Waals surface area (Å²) in [7, 11) is 1.50. The second kappa shape index (κ2) is 9.65. The van der Waals surface area contributed by atoms with Crippen molar-refractivity contribution in [2.45, 2.75) is 26.7 Å². The Bertz CT molecular complexity index is 501. The van der Waals surface area contributed by atoms with Gasteiger partial charge in [-0.25, -0.2) is 4.79 Å². The van der Waals surface area contributed by atoms with Gasteiger partial charge in [-0.15, -0.1) is 0 Å². The van der Waals surface area contributed by atoms with Crippen LogP contribution in [0.2, 0.25) is 0 Å². The first-order valence-electron chi connectivity index (χ1n) is 7.37. The summed E-state index contributed by atoms with van der Waals surface area (Å²) in [5, 5.41) is 2.63. The van der Waals surface area contributed by atoms with E-state index in [1.54, 1.807) is 12.1 Å². The second-order valence-electron chi connectivity index (χ2n) is 4.64. The summed E-state index contributed by atoms with van der Waals surface area (Å²) in [6.07, 6.45) is 1.70. The predicted octanol–water partition coefficient (Wildman–Crippen LogP) is 2.17. The van der Waals surface area contributed by atoms with Gasteiger partial charge in [-0.2, -0.15) is 0 Å². The van der Waals surface area contributed by atoms with Crippen LogP contribution in [0.1, 0.15) is 37.0 Å². The van der Waals surface area contributed by atoms with Gasteiger partial charge in [0.05, 0.1) is 19.3 Å². The molecule has 22 heavy (non-hydrogen) atoms. The number of carbonyl (C=O) groups excluding carboxylic acids is 2. The van der Waals surface area contributed by atoms with Gasteiger partial charge >= 0.3 is 5.97 Å². The minimum atomic E-state index is -0.577. The molecule has 0 unspecified atom stereocenters. The van der Waals surface area contributed by atoms with Gasteiger partial charge < -0.3 is 19.5 Å². The molecule has 0 radical (unpaired) electrons. The van der Waals surface area contributed by atoms with Gasteiger partial charge in [-0.05, 0) is 31.0 Å². The van der Waals surface area contributed by atoms with Crippen molar-refractivity contribution in [2.75, 3.05) is 26.9 Å². The van der Waals surface area contributed by atoms with E-state index in [0.717, 1.165) is 12.8 Å². The molecule has 1 rings (SSSR count). The molecular formula is C16H23NO5. The minimum absolute atomic E-state index is 0.296. The Kier molecular flexibility index (Phi) is 7.81. The molecule has 0 aromatic heterocycles. The summed E-state index contributed by atoms with van der Waals surface area (Å²) < 4.78 is 15.7. The molecule has 1 aromatic carbocycles. The largest absolute Gasteiger partial charge is 0.493 e. The lowest BCUT2D eigenvalue weighted by atomic mass is 10.2. The molecule has 0 fully saturated rings. The number of benzene rings is 1. The van der Waals surface area contributed by atoms with Gasteiger partial charge in [0, 0.05) is 6.54 Å². The average Bonchev–Trinajstić information content (AvgIpc) is 2.55. The summed E-state index contributed by atoms with van der Waals surface area (Å²) >= 11 is 0. The smallest absolute Gasteiger partial charge is 0.338 e. The molecule has 6 nitrogen and oxygen atoms in total. The molecule has 0 heterocycles. The number of esters is 1. The zero-order valence-electron chi connectivity index (χ0n) is 13.3. The molecule has 0 spiro atoms. The first-order chi connectivity index (χ1) is 10.6. The van der Waals surface area contributed by atoms with Crippen LogP contribution in [0.4, 0.5) is 0 Å². The first-order valence-corrected chi connectivity index (χ1v) is 7.37. The van der Waals surface area contributed by atoms with Gasteiger partial charge in [0.1, 0.15) is 0 Å². The topological polar surface area (TPSA) is 73.9 Å². The minimum Gasteiger partial charge on any atom is -0.493 e. The molecule has 0 saturated carbocycles. The number of carbonyl (C=O) groups is 2. The summed E-state index contributed by atoms with van der Waals surface area (Å²) in [6, 6.07) is 4.78. The number of hydrogen-bond donors (Lipinski definition) is 1. The second-order valence-corrected chi connectivity index (χ2v) is 4.64. The van der Waals surface area contributed by atoms with E-state index >= 15 is 0 Å². The molecule has 6 heteroatoms. The quantitative estimate of drug-likeness (QED) is 0.708. The lowest BCUT2D eigenvalue weighted by molar-refractivity contribution is -0.124. The van der Waals surface area contributed by atoms with Crippen LogP contribution in [-0.4, -0.2) is 38.7 Å².